The number of amides is 3. The summed E-state index contributed by atoms with van der Waals surface area (Å²) in [5.74, 6) is 0.404. The van der Waals surface area contributed by atoms with Crippen molar-refractivity contribution < 1.29 is 14.3 Å². The highest BCUT2D eigenvalue weighted by molar-refractivity contribution is 6.01. The number of methoxy groups -OCH3 is 1. The third-order valence-electron chi connectivity index (χ3n) is 2.80. The highest BCUT2D eigenvalue weighted by Crippen LogP contribution is 2.21. The van der Waals surface area contributed by atoms with Crippen molar-refractivity contribution in [1.29, 1.82) is 0 Å². The van der Waals surface area contributed by atoms with Crippen LogP contribution in [0.2, 0.25) is 0 Å². The quantitative estimate of drug-likeness (QED) is 0.631. The molecule has 1 aromatic rings. The number of nitrogen functional groups attached to an aromatic ring is 1. The van der Waals surface area contributed by atoms with Gasteiger partial charge in [0.2, 0.25) is 0 Å². The number of likely N-dealkylation sites (N-methyl/N-ethyl adjacent to an activating group) is 1. The second kappa shape index (κ2) is 4.56. The second-order valence-corrected chi connectivity index (χ2v) is 4.23. The van der Waals surface area contributed by atoms with Crippen molar-refractivity contribution in [2.24, 2.45) is 0 Å². The summed E-state index contributed by atoms with van der Waals surface area (Å²) >= 11 is 0. The van der Waals surface area contributed by atoms with E-state index in [1.165, 1.54) is 9.80 Å². The third kappa shape index (κ3) is 2.22. The fourth-order valence-corrected chi connectivity index (χ4v) is 1.90. The number of nitrogens with zero attached hydrogens (tertiary/aromatic N) is 2. The molecule has 0 radical (unpaired) electrons. The van der Waals surface area contributed by atoms with Crippen molar-refractivity contribution in [2.75, 3.05) is 26.4 Å². The maximum atomic E-state index is 11.7. The first-order chi connectivity index (χ1) is 8.51. The summed E-state index contributed by atoms with van der Waals surface area (Å²) in [5.41, 5.74) is 7.03. The minimum absolute atomic E-state index is 0.123. The Morgan fingerprint density at radius 3 is 2.61 bits per heavy atom. The van der Waals surface area contributed by atoms with Gasteiger partial charge in [0.15, 0.2) is 0 Å². The average molecular weight is 249 g/mol. The predicted molar refractivity (Wildman–Crippen MR) is 66.0 cm³/mol. The number of urea groups is 1. The Labute approximate surface area is 105 Å². The lowest BCUT2D eigenvalue weighted by Gasteiger charge is -2.15. The van der Waals surface area contributed by atoms with E-state index in [0.29, 0.717) is 11.4 Å². The first-order valence-electron chi connectivity index (χ1n) is 5.50. The largest absolute Gasteiger partial charge is 0.497 e. The zero-order valence-corrected chi connectivity index (χ0v) is 10.3. The SMILES string of the molecule is COc1cc(N)cc(CN2C(=O)CN(C)C2=O)c1. The number of nitrogens with two attached hydrogens (primary N) is 1. The van der Waals surface area contributed by atoms with Crippen LogP contribution in [0.15, 0.2) is 18.2 Å². The molecule has 0 spiro atoms. The van der Waals surface area contributed by atoms with Gasteiger partial charge >= 0.3 is 6.03 Å². The van der Waals surface area contributed by atoms with Crippen molar-refractivity contribution in [3.05, 3.63) is 23.8 Å². The van der Waals surface area contributed by atoms with Crippen LogP contribution in [0.3, 0.4) is 0 Å². The lowest BCUT2D eigenvalue weighted by molar-refractivity contribution is -0.125. The number of carbonyl (C=O) groups excluding carboxylic acids is 2. The summed E-state index contributed by atoms with van der Waals surface area (Å²) < 4.78 is 5.10. The lowest BCUT2D eigenvalue weighted by Crippen LogP contribution is -2.31. The molecule has 1 aliphatic rings. The maximum Gasteiger partial charge on any atom is 0.327 e. The molecule has 2 N–H and O–H groups in total. The van der Waals surface area contributed by atoms with E-state index in [-0.39, 0.29) is 25.0 Å². The first kappa shape index (κ1) is 12.2. The zero-order valence-electron chi connectivity index (χ0n) is 10.3. The van der Waals surface area contributed by atoms with Gasteiger partial charge in [0.1, 0.15) is 12.3 Å². The van der Waals surface area contributed by atoms with Gasteiger partial charge in [0.05, 0.1) is 13.7 Å². The van der Waals surface area contributed by atoms with E-state index >= 15 is 0 Å². The fourth-order valence-electron chi connectivity index (χ4n) is 1.90. The number of benzene rings is 1. The monoisotopic (exact) mass is 249 g/mol. The summed E-state index contributed by atoms with van der Waals surface area (Å²) in [4.78, 5) is 26.0. The zero-order chi connectivity index (χ0) is 13.3. The Morgan fingerprint density at radius 1 is 1.33 bits per heavy atom. The highest BCUT2D eigenvalue weighted by atomic mass is 16.5. The number of anilines is 1. The molecule has 2 rings (SSSR count). The molecule has 1 fully saturated rings. The first-order valence-corrected chi connectivity index (χ1v) is 5.50. The summed E-state index contributed by atoms with van der Waals surface area (Å²) in [6.45, 7) is 0.335. The molecule has 96 valence electrons. The molecule has 1 aromatic carbocycles. The van der Waals surface area contributed by atoms with Gasteiger partial charge in [-0.25, -0.2) is 4.79 Å². The van der Waals surface area contributed by atoms with Crippen LogP contribution in [0.1, 0.15) is 5.56 Å². The molecule has 6 nitrogen and oxygen atoms in total. The van der Waals surface area contributed by atoms with Gasteiger partial charge in [-0.05, 0) is 17.7 Å². The van der Waals surface area contributed by atoms with Crippen LogP contribution >= 0.6 is 0 Å². The second-order valence-electron chi connectivity index (χ2n) is 4.23. The van der Waals surface area contributed by atoms with E-state index < -0.39 is 0 Å². The van der Waals surface area contributed by atoms with Crippen molar-refractivity contribution in [3.63, 3.8) is 0 Å². The van der Waals surface area contributed by atoms with E-state index in [1.54, 1.807) is 32.4 Å². The molecule has 1 saturated heterocycles. The molecule has 0 aliphatic carbocycles. The summed E-state index contributed by atoms with van der Waals surface area (Å²) in [5, 5.41) is 0. The maximum absolute atomic E-state index is 11.7. The highest BCUT2D eigenvalue weighted by Gasteiger charge is 2.33. The molecule has 1 heterocycles. The number of imide groups is 1. The average Bonchev–Trinajstić information content (AvgIpc) is 2.55. The van der Waals surface area contributed by atoms with E-state index in [2.05, 4.69) is 0 Å². The molecule has 1 aliphatic heterocycles. The third-order valence-corrected chi connectivity index (χ3v) is 2.80. The van der Waals surface area contributed by atoms with Crippen molar-refractivity contribution in [3.8, 4) is 5.75 Å². The Hall–Kier alpha value is -2.24. The summed E-state index contributed by atoms with van der Waals surface area (Å²) in [6, 6.07) is 4.88. The number of hydrogen-bond acceptors (Lipinski definition) is 4. The van der Waals surface area contributed by atoms with Crippen LogP contribution in [0.4, 0.5) is 10.5 Å². The van der Waals surface area contributed by atoms with Gasteiger partial charge < -0.3 is 15.4 Å². The van der Waals surface area contributed by atoms with Gasteiger partial charge in [-0.15, -0.1) is 0 Å². The molecule has 6 heteroatoms. The van der Waals surface area contributed by atoms with Crippen LogP contribution < -0.4 is 10.5 Å². The molecule has 18 heavy (non-hydrogen) atoms. The summed E-state index contributed by atoms with van der Waals surface area (Å²) in [7, 11) is 3.14. The van der Waals surface area contributed by atoms with Crippen LogP contribution in [0.5, 0.6) is 5.75 Å². The van der Waals surface area contributed by atoms with Gasteiger partial charge in [0.25, 0.3) is 5.91 Å². The Morgan fingerprint density at radius 2 is 2.06 bits per heavy atom. The van der Waals surface area contributed by atoms with Gasteiger partial charge in [-0.3, -0.25) is 9.69 Å². The predicted octanol–water partition coefficient (Wildman–Crippen LogP) is 0.671. The Kier molecular flexibility index (Phi) is 3.10. The van der Waals surface area contributed by atoms with Gasteiger partial charge in [0, 0.05) is 18.8 Å². The molecule has 0 unspecified atom stereocenters. The van der Waals surface area contributed by atoms with Gasteiger partial charge in [-0.1, -0.05) is 0 Å². The van der Waals surface area contributed by atoms with Crippen molar-refractivity contribution in [2.45, 2.75) is 6.54 Å². The molecule has 3 amide bonds. The molecule has 0 atom stereocenters. The molecular weight excluding hydrogens is 234 g/mol. The molecular formula is C12H15N3O3. The molecule has 0 saturated carbocycles. The van der Waals surface area contributed by atoms with Crippen molar-refractivity contribution in [1.82, 2.24) is 9.80 Å². The minimum Gasteiger partial charge on any atom is -0.497 e. The van der Waals surface area contributed by atoms with E-state index in [1.807, 2.05) is 0 Å². The number of carbonyl (C=O) groups is 2. The van der Waals surface area contributed by atoms with E-state index in [0.717, 1.165) is 5.56 Å². The van der Waals surface area contributed by atoms with E-state index in [9.17, 15) is 9.59 Å². The van der Waals surface area contributed by atoms with E-state index in [4.69, 9.17) is 10.5 Å². The normalized spacial score (nSPS) is 15.4. The fraction of sp³-hybridized carbons (Fsp3) is 0.333. The molecule has 0 bridgehead atoms. The standard InChI is InChI=1S/C12H15N3O3/c1-14-7-11(16)15(12(14)17)6-8-3-9(13)5-10(4-8)18-2/h3-5H,6-7,13H2,1-2H3. The van der Waals surface area contributed by atoms with Gasteiger partial charge in [-0.2, -0.15) is 0 Å². The number of ether oxygens (including phenoxy) is 1. The van der Waals surface area contributed by atoms with Crippen LogP contribution in [-0.4, -0.2) is 42.4 Å². The van der Waals surface area contributed by atoms with Crippen LogP contribution in [0.25, 0.3) is 0 Å². The topological polar surface area (TPSA) is 75.9 Å². The summed E-state index contributed by atoms with van der Waals surface area (Å²) in [6.07, 6.45) is 0. The van der Waals surface area contributed by atoms with Crippen LogP contribution in [0, 0.1) is 0 Å². The Balaban J connectivity index is 2.21. The van der Waals surface area contributed by atoms with Crippen LogP contribution in [-0.2, 0) is 11.3 Å². The number of hydrogen-bond donors (Lipinski definition) is 1. The Bertz CT molecular complexity index is 501. The lowest BCUT2D eigenvalue weighted by atomic mass is 10.2. The molecule has 0 aromatic heterocycles. The number of rotatable bonds is 3. The van der Waals surface area contributed by atoms with Crippen molar-refractivity contribution >= 4 is 17.6 Å². The smallest absolute Gasteiger partial charge is 0.327 e. The minimum atomic E-state index is -0.290.